The minimum atomic E-state index is -0.00648. The summed E-state index contributed by atoms with van der Waals surface area (Å²) in [5.74, 6) is 1.94. The lowest BCUT2D eigenvalue weighted by atomic mass is 9.84. The van der Waals surface area contributed by atoms with E-state index in [0.29, 0.717) is 13.2 Å². The van der Waals surface area contributed by atoms with Crippen LogP contribution in [0.1, 0.15) is 54.2 Å². The monoisotopic (exact) mass is 422 g/mol. The van der Waals surface area contributed by atoms with E-state index < -0.39 is 0 Å². The van der Waals surface area contributed by atoms with Crippen LogP contribution in [0.3, 0.4) is 0 Å². The average Bonchev–Trinajstić information content (AvgIpc) is 3.59. The van der Waals surface area contributed by atoms with Crippen LogP contribution in [-0.4, -0.2) is 38.6 Å². The average molecular weight is 423 g/mol. The van der Waals surface area contributed by atoms with Gasteiger partial charge in [-0.1, -0.05) is 32.9 Å². The van der Waals surface area contributed by atoms with Crippen LogP contribution in [0.4, 0.5) is 0 Å². The van der Waals surface area contributed by atoms with Crippen LogP contribution in [0, 0.1) is 20.8 Å². The van der Waals surface area contributed by atoms with Gasteiger partial charge >= 0.3 is 0 Å². The normalized spacial score (nSPS) is 20.2. The molecule has 2 fully saturated rings. The molecule has 0 amide bonds. The number of rotatable bonds is 8. The van der Waals surface area contributed by atoms with Crippen LogP contribution in [-0.2, 0) is 14.9 Å². The van der Waals surface area contributed by atoms with Crippen LogP contribution in [0.5, 0.6) is 11.5 Å². The van der Waals surface area contributed by atoms with Gasteiger partial charge in [-0.2, -0.15) is 0 Å². The fourth-order valence-corrected chi connectivity index (χ4v) is 3.76. The van der Waals surface area contributed by atoms with E-state index in [1.54, 1.807) is 0 Å². The fourth-order valence-electron chi connectivity index (χ4n) is 3.76. The van der Waals surface area contributed by atoms with Crippen molar-refractivity contribution >= 4 is 12.2 Å². The van der Waals surface area contributed by atoms with Crippen molar-refractivity contribution in [2.24, 2.45) is 0 Å². The maximum Gasteiger partial charge on any atom is 0.125 e. The molecule has 0 aliphatic carbocycles. The van der Waals surface area contributed by atoms with Crippen LogP contribution in [0.25, 0.3) is 12.2 Å². The van der Waals surface area contributed by atoms with E-state index in [2.05, 4.69) is 78.0 Å². The zero-order valence-electron chi connectivity index (χ0n) is 19.6. The lowest BCUT2D eigenvalue weighted by Gasteiger charge is -2.24. The first-order valence-corrected chi connectivity index (χ1v) is 11.1. The topological polar surface area (TPSA) is 43.5 Å². The first-order valence-electron chi connectivity index (χ1n) is 11.1. The molecule has 2 aromatic rings. The molecule has 4 nitrogen and oxygen atoms in total. The standard InChI is InChI=1S/C27H34O4/c1-17-11-25(30-15-22-13-28-22)24(27(4,5)6)12-21(17)8-7-20-9-18(2)26(19(3)10-20)31-16-23-14-29-23/h7-12,22-23H,13-16H2,1-6H3/b8-7+. The Morgan fingerprint density at radius 1 is 0.839 bits per heavy atom. The van der Waals surface area contributed by atoms with Crippen molar-refractivity contribution in [2.75, 3.05) is 26.4 Å². The first-order chi connectivity index (χ1) is 14.7. The Labute approximate surface area is 186 Å². The minimum absolute atomic E-state index is 0.00648. The number of ether oxygens (including phenoxy) is 4. The second-order valence-electron chi connectivity index (χ2n) is 9.80. The van der Waals surface area contributed by atoms with Crippen molar-refractivity contribution in [1.29, 1.82) is 0 Å². The molecule has 4 rings (SSSR count). The lowest BCUT2D eigenvalue weighted by molar-refractivity contribution is 0.258. The van der Waals surface area contributed by atoms with Crippen LogP contribution in [0.15, 0.2) is 24.3 Å². The highest BCUT2D eigenvalue weighted by molar-refractivity contribution is 5.73. The SMILES string of the molecule is Cc1cc(OCC2CO2)c(C(C)(C)C)cc1/C=C/c1cc(C)c(OCC2CO2)c(C)c1. The predicted molar refractivity (Wildman–Crippen MR) is 125 cm³/mol. The van der Waals surface area contributed by atoms with Crippen LogP contribution < -0.4 is 9.47 Å². The molecule has 2 saturated heterocycles. The highest BCUT2D eigenvalue weighted by atomic mass is 16.6. The molecule has 2 aromatic carbocycles. The van der Waals surface area contributed by atoms with E-state index in [0.717, 1.165) is 35.8 Å². The van der Waals surface area contributed by atoms with Crippen molar-refractivity contribution in [1.82, 2.24) is 0 Å². The molecule has 166 valence electrons. The summed E-state index contributed by atoms with van der Waals surface area (Å²) in [6, 6.07) is 8.79. The van der Waals surface area contributed by atoms with Gasteiger partial charge in [0.1, 0.15) is 36.9 Å². The summed E-state index contributed by atoms with van der Waals surface area (Å²) in [5.41, 5.74) is 7.10. The number of benzene rings is 2. The van der Waals surface area contributed by atoms with Gasteiger partial charge < -0.3 is 18.9 Å². The third-order valence-electron chi connectivity index (χ3n) is 5.76. The lowest BCUT2D eigenvalue weighted by Crippen LogP contribution is -2.15. The van der Waals surface area contributed by atoms with Gasteiger partial charge in [-0.3, -0.25) is 0 Å². The number of hydrogen-bond acceptors (Lipinski definition) is 4. The van der Waals surface area contributed by atoms with E-state index >= 15 is 0 Å². The Hall–Kier alpha value is -2.30. The highest BCUT2D eigenvalue weighted by Crippen LogP contribution is 2.35. The van der Waals surface area contributed by atoms with Crippen molar-refractivity contribution in [3.05, 3.63) is 57.6 Å². The summed E-state index contributed by atoms with van der Waals surface area (Å²) >= 11 is 0. The minimum Gasteiger partial charge on any atom is -0.490 e. The summed E-state index contributed by atoms with van der Waals surface area (Å²) in [6.07, 6.45) is 4.90. The Balaban J connectivity index is 1.56. The maximum atomic E-state index is 6.10. The van der Waals surface area contributed by atoms with E-state index in [1.807, 2.05) is 0 Å². The van der Waals surface area contributed by atoms with Crippen molar-refractivity contribution in [3.63, 3.8) is 0 Å². The van der Waals surface area contributed by atoms with Gasteiger partial charge in [0.15, 0.2) is 0 Å². The molecule has 2 heterocycles. The van der Waals surface area contributed by atoms with Crippen molar-refractivity contribution < 1.29 is 18.9 Å². The Bertz CT molecular complexity index is 952. The molecule has 2 aliphatic heterocycles. The van der Waals surface area contributed by atoms with E-state index in [1.165, 1.54) is 22.3 Å². The fraction of sp³-hybridized carbons (Fsp3) is 0.481. The predicted octanol–water partition coefficient (Wildman–Crippen LogP) is 5.63. The molecule has 0 bridgehead atoms. The van der Waals surface area contributed by atoms with Crippen molar-refractivity contribution in [2.45, 2.75) is 59.2 Å². The highest BCUT2D eigenvalue weighted by Gasteiger charge is 2.26. The molecule has 0 aromatic heterocycles. The number of aryl methyl sites for hydroxylation is 3. The molecule has 0 N–H and O–H groups in total. The van der Waals surface area contributed by atoms with Gasteiger partial charge in [-0.15, -0.1) is 0 Å². The Kier molecular flexibility index (Phi) is 6.14. The van der Waals surface area contributed by atoms with Crippen molar-refractivity contribution in [3.8, 4) is 11.5 Å². The molecule has 2 unspecified atom stereocenters. The Morgan fingerprint density at radius 2 is 1.42 bits per heavy atom. The quantitative estimate of drug-likeness (QED) is 0.408. The molecular weight excluding hydrogens is 388 g/mol. The molecular formula is C27H34O4. The van der Waals surface area contributed by atoms with Gasteiger partial charge in [0.05, 0.1) is 13.2 Å². The third kappa shape index (κ3) is 5.69. The Morgan fingerprint density at radius 3 is 1.97 bits per heavy atom. The zero-order chi connectivity index (χ0) is 22.2. The maximum absolute atomic E-state index is 6.10. The number of hydrogen-bond donors (Lipinski definition) is 0. The largest absolute Gasteiger partial charge is 0.490 e. The summed E-state index contributed by atoms with van der Waals surface area (Å²) in [4.78, 5) is 0. The van der Waals surface area contributed by atoms with Crippen LogP contribution in [0.2, 0.25) is 0 Å². The summed E-state index contributed by atoms with van der Waals surface area (Å²) in [5, 5.41) is 0. The van der Waals surface area contributed by atoms with Gasteiger partial charge in [-0.25, -0.2) is 0 Å². The van der Waals surface area contributed by atoms with Gasteiger partial charge in [0.2, 0.25) is 0 Å². The van der Waals surface area contributed by atoms with Gasteiger partial charge in [-0.05, 0) is 78.3 Å². The van der Waals surface area contributed by atoms with Gasteiger partial charge in [0, 0.05) is 5.56 Å². The molecule has 2 atom stereocenters. The molecule has 0 radical (unpaired) electrons. The third-order valence-corrected chi connectivity index (χ3v) is 5.76. The summed E-state index contributed by atoms with van der Waals surface area (Å²) in [7, 11) is 0. The molecule has 4 heteroatoms. The van der Waals surface area contributed by atoms with E-state index in [4.69, 9.17) is 18.9 Å². The molecule has 0 saturated carbocycles. The summed E-state index contributed by atoms with van der Waals surface area (Å²) < 4.78 is 22.6. The summed E-state index contributed by atoms with van der Waals surface area (Å²) in [6.45, 7) is 15.9. The second-order valence-corrected chi connectivity index (χ2v) is 9.80. The zero-order valence-corrected chi connectivity index (χ0v) is 19.6. The van der Waals surface area contributed by atoms with Gasteiger partial charge in [0.25, 0.3) is 0 Å². The molecule has 0 spiro atoms. The second kappa shape index (κ2) is 8.68. The number of epoxide rings is 2. The smallest absolute Gasteiger partial charge is 0.125 e. The van der Waals surface area contributed by atoms with Crippen LogP contribution >= 0.6 is 0 Å². The first kappa shape index (κ1) is 21.9. The van der Waals surface area contributed by atoms with E-state index in [9.17, 15) is 0 Å². The molecule has 2 aliphatic rings. The molecule has 31 heavy (non-hydrogen) atoms. The van der Waals surface area contributed by atoms with E-state index in [-0.39, 0.29) is 17.6 Å².